The first-order valence-electron chi connectivity index (χ1n) is 11.5. The molecule has 3 heteroatoms. The molecule has 0 N–H and O–H groups in total. The lowest BCUT2D eigenvalue weighted by atomic mass is 10.2. The van der Waals surface area contributed by atoms with Crippen LogP contribution in [0.25, 0.3) is 0 Å². The second-order valence-corrected chi connectivity index (χ2v) is 8.99. The average Bonchev–Trinajstić information content (AvgIpc) is 2.77. The topological polar surface area (TPSA) is 6.48 Å². The Kier molecular flexibility index (Phi) is 12.8. The molecule has 0 unspecified atom stereocenters. The summed E-state index contributed by atoms with van der Waals surface area (Å²) >= 11 is 1.98. The summed E-state index contributed by atoms with van der Waals surface area (Å²) < 4.78 is 0. The summed E-state index contributed by atoms with van der Waals surface area (Å²) in [4.78, 5) is 6.72. The third-order valence-corrected chi connectivity index (χ3v) is 6.37. The van der Waals surface area contributed by atoms with Crippen molar-refractivity contribution in [1.29, 1.82) is 0 Å². The summed E-state index contributed by atoms with van der Waals surface area (Å²) in [5.41, 5.74) is 1.43. The molecule has 0 aliphatic rings. The van der Waals surface area contributed by atoms with Crippen LogP contribution in [0.3, 0.4) is 0 Å². The summed E-state index contributed by atoms with van der Waals surface area (Å²) in [6.45, 7) is 11.7. The molecule has 160 valence electrons. The average molecular weight is 413 g/mol. The highest BCUT2D eigenvalue weighted by molar-refractivity contribution is 7.99. The van der Waals surface area contributed by atoms with Gasteiger partial charge in [0, 0.05) is 24.5 Å². The summed E-state index contributed by atoms with van der Waals surface area (Å²) in [7, 11) is 0. The van der Waals surface area contributed by atoms with Crippen molar-refractivity contribution in [2.24, 2.45) is 0 Å². The van der Waals surface area contributed by atoms with Gasteiger partial charge < -0.3 is 4.90 Å². The van der Waals surface area contributed by atoms with Crippen LogP contribution in [0.2, 0.25) is 0 Å². The Morgan fingerprint density at radius 1 is 0.621 bits per heavy atom. The molecule has 0 saturated heterocycles. The van der Waals surface area contributed by atoms with Gasteiger partial charge in [0.05, 0.1) is 0 Å². The molecule has 2 nitrogen and oxygen atoms in total. The molecule has 0 aliphatic heterocycles. The standard InChI is InChI=1S/C26H40N2S/c1-3-5-18-27(19-6-4-2)21-22-28(24-25-14-9-7-10-15-25)20-13-23-29-26-16-11-8-12-17-26/h7-12,14-17H,3-6,13,18-24H2,1-2H3. The van der Waals surface area contributed by atoms with Crippen LogP contribution in [-0.4, -0.2) is 48.3 Å². The Labute approximate surface area is 183 Å². The highest BCUT2D eigenvalue weighted by Gasteiger charge is 2.10. The molecule has 2 aromatic rings. The van der Waals surface area contributed by atoms with Gasteiger partial charge in [-0.2, -0.15) is 0 Å². The third kappa shape index (κ3) is 10.9. The molecule has 0 radical (unpaired) electrons. The maximum absolute atomic E-state index is 2.68. The first-order chi connectivity index (χ1) is 14.3. The van der Waals surface area contributed by atoms with Crippen molar-refractivity contribution in [2.45, 2.75) is 57.4 Å². The Morgan fingerprint density at radius 2 is 1.17 bits per heavy atom. The van der Waals surface area contributed by atoms with E-state index >= 15 is 0 Å². The number of nitrogens with zero attached hydrogens (tertiary/aromatic N) is 2. The SMILES string of the molecule is CCCCN(CCCC)CCN(CCCSc1ccccc1)Cc1ccccc1. The number of unbranched alkanes of at least 4 members (excludes halogenated alkanes) is 2. The zero-order valence-electron chi connectivity index (χ0n) is 18.6. The van der Waals surface area contributed by atoms with Gasteiger partial charge in [0.15, 0.2) is 0 Å². The zero-order valence-corrected chi connectivity index (χ0v) is 19.4. The van der Waals surface area contributed by atoms with Gasteiger partial charge in [0.2, 0.25) is 0 Å². The molecule has 2 aromatic carbocycles. The van der Waals surface area contributed by atoms with Crippen LogP contribution in [0.5, 0.6) is 0 Å². The summed E-state index contributed by atoms with van der Waals surface area (Å²) in [5, 5.41) is 0. The fourth-order valence-corrected chi connectivity index (χ4v) is 4.35. The normalized spacial score (nSPS) is 11.4. The first kappa shape index (κ1) is 24.0. The molecule has 0 amide bonds. The van der Waals surface area contributed by atoms with E-state index in [0.29, 0.717) is 0 Å². The summed E-state index contributed by atoms with van der Waals surface area (Å²) in [5.74, 6) is 1.19. The zero-order chi connectivity index (χ0) is 20.6. The Balaban J connectivity index is 1.83. The smallest absolute Gasteiger partial charge is 0.0234 e. The van der Waals surface area contributed by atoms with Crippen molar-refractivity contribution < 1.29 is 0 Å². The largest absolute Gasteiger partial charge is 0.302 e. The van der Waals surface area contributed by atoms with Gasteiger partial charge in [-0.25, -0.2) is 0 Å². The molecule has 0 aromatic heterocycles. The van der Waals surface area contributed by atoms with Crippen molar-refractivity contribution in [1.82, 2.24) is 9.80 Å². The Morgan fingerprint density at radius 3 is 1.79 bits per heavy atom. The molecule has 0 saturated carbocycles. The molecule has 0 heterocycles. The number of hydrogen-bond acceptors (Lipinski definition) is 3. The predicted molar refractivity (Wildman–Crippen MR) is 130 cm³/mol. The fraction of sp³-hybridized carbons (Fsp3) is 0.538. The van der Waals surface area contributed by atoms with E-state index in [9.17, 15) is 0 Å². The number of thioether (sulfide) groups is 1. The molecular formula is C26H40N2S. The van der Waals surface area contributed by atoms with E-state index in [1.54, 1.807) is 0 Å². The summed E-state index contributed by atoms with van der Waals surface area (Å²) in [6, 6.07) is 21.7. The molecule has 0 bridgehead atoms. The van der Waals surface area contributed by atoms with Crippen molar-refractivity contribution in [3.63, 3.8) is 0 Å². The quantitative estimate of drug-likeness (QED) is 0.227. The number of benzene rings is 2. The van der Waals surface area contributed by atoms with E-state index in [1.807, 2.05) is 11.8 Å². The Bertz CT molecular complexity index is 609. The van der Waals surface area contributed by atoms with Gasteiger partial charge in [-0.05, 0) is 62.3 Å². The van der Waals surface area contributed by atoms with Crippen LogP contribution >= 0.6 is 11.8 Å². The van der Waals surface area contributed by atoms with E-state index in [1.165, 1.54) is 81.0 Å². The monoisotopic (exact) mass is 412 g/mol. The van der Waals surface area contributed by atoms with E-state index in [0.717, 1.165) is 6.54 Å². The molecule has 29 heavy (non-hydrogen) atoms. The summed E-state index contributed by atoms with van der Waals surface area (Å²) in [6.07, 6.45) is 6.43. The lowest BCUT2D eigenvalue weighted by molar-refractivity contribution is 0.195. The minimum atomic E-state index is 1.06. The van der Waals surface area contributed by atoms with Crippen LogP contribution in [0.15, 0.2) is 65.6 Å². The highest BCUT2D eigenvalue weighted by atomic mass is 32.2. The van der Waals surface area contributed by atoms with E-state index in [-0.39, 0.29) is 0 Å². The van der Waals surface area contributed by atoms with Gasteiger partial charge in [0.25, 0.3) is 0 Å². The maximum atomic E-state index is 2.68. The van der Waals surface area contributed by atoms with Gasteiger partial charge in [-0.3, -0.25) is 4.90 Å². The van der Waals surface area contributed by atoms with Gasteiger partial charge in [-0.15, -0.1) is 11.8 Å². The molecule has 2 rings (SSSR count). The Hall–Kier alpha value is -1.29. The first-order valence-corrected chi connectivity index (χ1v) is 12.5. The lowest BCUT2D eigenvalue weighted by Gasteiger charge is -2.28. The molecule has 0 fully saturated rings. The van der Waals surface area contributed by atoms with Crippen LogP contribution < -0.4 is 0 Å². The second kappa shape index (κ2) is 15.5. The minimum absolute atomic E-state index is 1.06. The number of rotatable bonds is 16. The minimum Gasteiger partial charge on any atom is -0.302 e. The molecular weight excluding hydrogens is 372 g/mol. The van der Waals surface area contributed by atoms with Crippen LogP contribution in [0, 0.1) is 0 Å². The van der Waals surface area contributed by atoms with Crippen molar-refractivity contribution in [2.75, 3.05) is 38.5 Å². The maximum Gasteiger partial charge on any atom is 0.0234 e. The fourth-order valence-electron chi connectivity index (χ4n) is 3.49. The molecule has 0 aliphatic carbocycles. The third-order valence-electron chi connectivity index (χ3n) is 5.27. The highest BCUT2D eigenvalue weighted by Crippen LogP contribution is 2.18. The van der Waals surface area contributed by atoms with Crippen molar-refractivity contribution in [3.05, 3.63) is 66.2 Å². The van der Waals surface area contributed by atoms with E-state index in [2.05, 4.69) is 84.3 Å². The van der Waals surface area contributed by atoms with Crippen LogP contribution in [0.4, 0.5) is 0 Å². The van der Waals surface area contributed by atoms with Crippen molar-refractivity contribution >= 4 is 11.8 Å². The second-order valence-electron chi connectivity index (χ2n) is 7.83. The lowest BCUT2D eigenvalue weighted by Crippen LogP contribution is -2.36. The van der Waals surface area contributed by atoms with Gasteiger partial charge >= 0.3 is 0 Å². The molecule has 0 atom stereocenters. The van der Waals surface area contributed by atoms with E-state index < -0.39 is 0 Å². The van der Waals surface area contributed by atoms with Gasteiger partial charge in [0.1, 0.15) is 0 Å². The van der Waals surface area contributed by atoms with Crippen LogP contribution in [0.1, 0.15) is 51.5 Å². The predicted octanol–water partition coefficient (Wildman–Crippen LogP) is 6.57. The molecule has 0 spiro atoms. The number of hydrogen-bond donors (Lipinski definition) is 0. The van der Waals surface area contributed by atoms with Crippen molar-refractivity contribution in [3.8, 4) is 0 Å². The van der Waals surface area contributed by atoms with Gasteiger partial charge in [-0.1, -0.05) is 75.2 Å². The van der Waals surface area contributed by atoms with Crippen LogP contribution in [-0.2, 0) is 6.54 Å². The van der Waals surface area contributed by atoms with E-state index in [4.69, 9.17) is 0 Å².